The Labute approximate surface area is 197 Å². The monoisotopic (exact) mass is 478 g/mol. The molecule has 0 aliphatic carbocycles. The lowest BCUT2D eigenvalue weighted by molar-refractivity contribution is -0.384. The summed E-state index contributed by atoms with van der Waals surface area (Å²) in [5.41, 5.74) is 1.14. The van der Waals surface area contributed by atoms with Gasteiger partial charge in [-0.3, -0.25) is 19.8 Å². The zero-order valence-corrected chi connectivity index (χ0v) is 19.9. The molecule has 0 atom stereocenters. The van der Waals surface area contributed by atoms with Crippen LogP contribution in [0.15, 0.2) is 42.5 Å². The van der Waals surface area contributed by atoms with Crippen LogP contribution in [0.2, 0.25) is 0 Å². The minimum absolute atomic E-state index is 0. The molecule has 1 amide bonds. The van der Waals surface area contributed by atoms with Crippen molar-refractivity contribution in [3.8, 4) is 5.75 Å². The zero-order chi connectivity index (χ0) is 22.4. The van der Waals surface area contributed by atoms with E-state index in [1.165, 1.54) is 35.6 Å². The molecule has 0 saturated heterocycles. The molecule has 0 radical (unpaired) electrons. The van der Waals surface area contributed by atoms with Crippen molar-refractivity contribution in [2.45, 2.75) is 20.8 Å². The number of amides is 1. The van der Waals surface area contributed by atoms with Crippen LogP contribution in [-0.4, -0.2) is 53.5 Å². The number of benzene rings is 2. The Morgan fingerprint density at radius 2 is 1.78 bits per heavy atom. The number of fused-ring (bicyclic) bond motifs is 1. The van der Waals surface area contributed by atoms with Gasteiger partial charge in [0.25, 0.3) is 11.6 Å². The van der Waals surface area contributed by atoms with Gasteiger partial charge in [0.05, 0.1) is 21.7 Å². The molecule has 32 heavy (non-hydrogen) atoms. The molecule has 0 spiro atoms. The van der Waals surface area contributed by atoms with Gasteiger partial charge in [0.15, 0.2) is 5.13 Å². The van der Waals surface area contributed by atoms with Crippen molar-refractivity contribution in [2.24, 2.45) is 0 Å². The number of nitro groups is 1. The number of aromatic nitrogens is 1. The summed E-state index contributed by atoms with van der Waals surface area (Å²) in [6.45, 7) is 9.60. The molecule has 10 heteroatoms. The van der Waals surface area contributed by atoms with Crippen LogP contribution in [-0.2, 0) is 0 Å². The van der Waals surface area contributed by atoms with Gasteiger partial charge in [-0.2, -0.15) is 0 Å². The van der Waals surface area contributed by atoms with Crippen LogP contribution in [0.1, 0.15) is 31.1 Å². The second-order valence-corrected chi connectivity index (χ2v) is 7.86. The maximum atomic E-state index is 13.3. The van der Waals surface area contributed by atoms with Gasteiger partial charge in [-0.1, -0.05) is 25.2 Å². The number of likely N-dealkylation sites (N-methyl/N-ethyl adjacent to an activating group) is 1. The van der Waals surface area contributed by atoms with E-state index in [9.17, 15) is 14.9 Å². The predicted molar refractivity (Wildman–Crippen MR) is 131 cm³/mol. The minimum Gasteiger partial charge on any atom is -0.494 e. The maximum Gasteiger partial charge on any atom is 0.269 e. The number of hydrogen-bond acceptors (Lipinski definition) is 7. The third kappa shape index (κ3) is 5.93. The summed E-state index contributed by atoms with van der Waals surface area (Å²) in [7, 11) is 0. The second-order valence-electron chi connectivity index (χ2n) is 6.85. The maximum absolute atomic E-state index is 13.3. The number of nitrogens with zero attached hydrogens (tertiary/aromatic N) is 4. The van der Waals surface area contributed by atoms with Crippen LogP contribution in [0.3, 0.4) is 0 Å². The fourth-order valence-corrected chi connectivity index (χ4v) is 4.23. The first-order valence-electron chi connectivity index (χ1n) is 10.3. The van der Waals surface area contributed by atoms with Crippen LogP contribution < -0.4 is 9.64 Å². The summed E-state index contributed by atoms with van der Waals surface area (Å²) >= 11 is 1.43. The van der Waals surface area contributed by atoms with E-state index in [4.69, 9.17) is 4.74 Å². The molecule has 3 rings (SSSR count). The highest BCUT2D eigenvalue weighted by Gasteiger charge is 2.22. The minimum atomic E-state index is -0.476. The summed E-state index contributed by atoms with van der Waals surface area (Å²) < 4.78 is 6.51. The van der Waals surface area contributed by atoms with Crippen molar-refractivity contribution in [3.05, 3.63) is 58.1 Å². The average molecular weight is 479 g/mol. The molecule has 0 N–H and O–H groups in total. The molecule has 1 aromatic heterocycles. The Hall–Kier alpha value is -2.75. The van der Waals surface area contributed by atoms with Crippen molar-refractivity contribution in [1.29, 1.82) is 0 Å². The summed E-state index contributed by atoms with van der Waals surface area (Å²) in [6.07, 6.45) is 0. The summed E-state index contributed by atoms with van der Waals surface area (Å²) in [5, 5.41) is 11.5. The van der Waals surface area contributed by atoms with E-state index in [1.54, 1.807) is 4.90 Å². The molecule has 0 fully saturated rings. The van der Waals surface area contributed by atoms with Gasteiger partial charge in [0, 0.05) is 30.8 Å². The Morgan fingerprint density at radius 1 is 1.09 bits per heavy atom. The Balaban J connectivity index is 0.00000363. The number of halogens is 1. The summed E-state index contributed by atoms with van der Waals surface area (Å²) in [4.78, 5) is 32.4. The van der Waals surface area contributed by atoms with Crippen molar-refractivity contribution >= 4 is 50.7 Å². The van der Waals surface area contributed by atoms with Gasteiger partial charge in [0.1, 0.15) is 5.75 Å². The molecule has 2 aromatic carbocycles. The lowest BCUT2D eigenvalue weighted by atomic mass is 10.2. The van der Waals surface area contributed by atoms with E-state index in [2.05, 4.69) is 23.7 Å². The van der Waals surface area contributed by atoms with Crippen molar-refractivity contribution in [3.63, 3.8) is 0 Å². The molecule has 0 bridgehead atoms. The van der Waals surface area contributed by atoms with Crippen LogP contribution in [0, 0.1) is 10.1 Å². The normalized spacial score (nSPS) is 10.8. The van der Waals surface area contributed by atoms with Crippen LogP contribution in [0.5, 0.6) is 5.75 Å². The third-order valence-corrected chi connectivity index (χ3v) is 6.04. The van der Waals surface area contributed by atoms with Crippen molar-refractivity contribution in [2.75, 3.05) is 37.7 Å². The number of carbonyl (C=O) groups excluding carboxylic acids is 1. The van der Waals surface area contributed by atoms with E-state index < -0.39 is 4.92 Å². The van der Waals surface area contributed by atoms with Crippen LogP contribution >= 0.6 is 23.7 Å². The molecule has 8 nitrogen and oxygen atoms in total. The topological polar surface area (TPSA) is 88.8 Å². The van der Waals surface area contributed by atoms with Crippen molar-refractivity contribution in [1.82, 2.24) is 9.88 Å². The highest BCUT2D eigenvalue weighted by Crippen LogP contribution is 2.32. The molecule has 172 valence electrons. The Morgan fingerprint density at radius 3 is 2.38 bits per heavy atom. The number of hydrogen-bond donors (Lipinski definition) is 0. The number of carbonyl (C=O) groups is 1. The van der Waals surface area contributed by atoms with Gasteiger partial charge in [0.2, 0.25) is 0 Å². The first-order chi connectivity index (χ1) is 15.0. The average Bonchev–Trinajstić information content (AvgIpc) is 3.19. The van der Waals surface area contributed by atoms with E-state index >= 15 is 0 Å². The number of nitro benzene ring substituents is 1. The SMILES string of the molecule is CCOc1ccc2nc(N(CCN(CC)CC)C(=O)c3ccc([N+](=O)[O-])cc3)sc2c1.Cl. The third-order valence-electron chi connectivity index (χ3n) is 5.00. The quantitative estimate of drug-likeness (QED) is 0.300. The number of rotatable bonds is 10. The molecule has 0 saturated carbocycles. The van der Waals surface area contributed by atoms with E-state index in [-0.39, 0.29) is 24.0 Å². The molecule has 0 aliphatic heterocycles. The van der Waals surface area contributed by atoms with Gasteiger partial charge in [-0.15, -0.1) is 12.4 Å². The zero-order valence-electron chi connectivity index (χ0n) is 18.3. The largest absolute Gasteiger partial charge is 0.494 e. The van der Waals surface area contributed by atoms with Gasteiger partial charge < -0.3 is 9.64 Å². The van der Waals surface area contributed by atoms with Gasteiger partial charge in [-0.05, 0) is 50.3 Å². The lowest BCUT2D eigenvalue weighted by Crippen LogP contribution is -2.38. The highest BCUT2D eigenvalue weighted by atomic mass is 35.5. The smallest absolute Gasteiger partial charge is 0.269 e. The van der Waals surface area contributed by atoms with E-state index in [0.717, 1.165) is 29.1 Å². The summed E-state index contributed by atoms with van der Waals surface area (Å²) in [6, 6.07) is 11.4. The summed E-state index contributed by atoms with van der Waals surface area (Å²) in [5.74, 6) is 0.535. The first kappa shape index (κ1) is 25.5. The van der Waals surface area contributed by atoms with Crippen molar-refractivity contribution < 1.29 is 14.5 Å². The second kappa shape index (κ2) is 11.8. The molecule has 0 unspecified atom stereocenters. The fourth-order valence-electron chi connectivity index (χ4n) is 3.21. The number of non-ortho nitro benzene ring substituents is 1. The van der Waals surface area contributed by atoms with E-state index in [1.807, 2.05) is 25.1 Å². The molecular weight excluding hydrogens is 452 g/mol. The Kier molecular flexibility index (Phi) is 9.37. The molecule has 0 aliphatic rings. The standard InChI is InChI=1S/C22H26N4O4S.ClH/c1-4-24(5-2)13-14-25(21(27)16-7-9-17(10-8-16)26(28)29)22-23-19-12-11-18(30-6-3)15-20(19)31-22;/h7-12,15H,4-6,13-14H2,1-3H3;1H. The molecular formula is C22H27ClN4O4S. The molecule has 1 heterocycles. The Bertz CT molecular complexity index is 1050. The highest BCUT2D eigenvalue weighted by molar-refractivity contribution is 7.22. The predicted octanol–water partition coefficient (Wildman–Crippen LogP) is 5.01. The van der Waals surface area contributed by atoms with Gasteiger partial charge in [-0.25, -0.2) is 4.98 Å². The fraction of sp³-hybridized carbons (Fsp3) is 0.364. The first-order valence-corrected chi connectivity index (χ1v) is 11.1. The lowest BCUT2D eigenvalue weighted by Gasteiger charge is -2.24. The van der Waals surface area contributed by atoms with Gasteiger partial charge >= 0.3 is 0 Å². The van der Waals surface area contributed by atoms with E-state index in [0.29, 0.717) is 30.4 Å². The number of thiazole rings is 1. The van der Waals surface area contributed by atoms with Crippen LogP contribution in [0.4, 0.5) is 10.8 Å². The number of ether oxygens (including phenoxy) is 1. The number of anilines is 1. The van der Waals surface area contributed by atoms with Crippen LogP contribution in [0.25, 0.3) is 10.2 Å². The molecule has 3 aromatic rings.